The Morgan fingerprint density at radius 1 is 0.710 bits per heavy atom. The van der Waals surface area contributed by atoms with Crippen LogP contribution in [0.3, 0.4) is 0 Å². The van der Waals surface area contributed by atoms with Crippen molar-refractivity contribution in [2.45, 2.75) is 217 Å². The minimum absolute atomic E-state index is 0.0278. The Kier molecular flexibility index (Phi) is 16.5. The van der Waals surface area contributed by atoms with E-state index in [0.29, 0.717) is 49.7 Å². The van der Waals surface area contributed by atoms with Crippen molar-refractivity contribution < 1.29 is 92.4 Å². The van der Waals surface area contributed by atoms with Gasteiger partial charge in [-0.25, -0.2) is 9.59 Å². The van der Waals surface area contributed by atoms with E-state index < -0.39 is 145 Å². The minimum Gasteiger partial charge on any atom is -0.455 e. The van der Waals surface area contributed by atoms with Crippen LogP contribution in [-0.4, -0.2) is 173 Å². The molecule has 4 aliphatic carbocycles. The third kappa shape index (κ3) is 9.57. The topological polar surface area (TPSA) is 265 Å². The standard InChI is InChI=1S/C50H76O19/c1-12-22(3)43(57)65-40-33-30(50(59)19-17-29(24(5)51)49(50,9)42(40)68-44(58)23(4)13-2)15-14-27-20-28(16-18-48(27,33)8)64-32-21-31(52)38(25(6)62-32)66-47-37(56)41(60-10)39(26(7)63-47)67-46-36(55)34(53)35(54)45(61-11)69-46/h12-14,25-26,28-42,45-47,52-56,59H,15-21H2,1-11H3/b22-12+,23-13+/t25-,26-,28+,29-,30-,31-,32+,33-,34+,35+,36-,37-,38-,39-,40+,41+,42-,45+,46-,47+,48+,49+,50+/m1/s1. The second-order valence-electron chi connectivity index (χ2n) is 20.8. The molecule has 69 heavy (non-hydrogen) atoms. The van der Waals surface area contributed by atoms with Crippen LogP contribution in [0.25, 0.3) is 0 Å². The number of hydrogen-bond donors (Lipinski definition) is 6. The van der Waals surface area contributed by atoms with E-state index >= 15 is 0 Å². The highest BCUT2D eigenvalue weighted by molar-refractivity contribution is 5.89. The minimum atomic E-state index is -1.66. The molecule has 19 heteroatoms. The van der Waals surface area contributed by atoms with E-state index in [1.54, 1.807) is 53.7 Å². The summed E-state index contributed by atoms with van der Waals surface area (Å²) in [4.78, 5) is 41.0. The summed E-state index contributed by atoms with van der Waals surface area (Å²) in [5, 5.41) is 67.3. The van der Waals surface area contributed by atoms with E-state index in [2.05, 4.69) is 13.0 Å². The number of rotatable bonds is 13. The van der Waals surface area contributed by atoms with Crippen LogP contribution in [0.5, 0.6) is 0 Å². The molecule has 23 atom stereocenters. The number of methoxy groups -OCH3 is 2. The molecule has 7 aliphatic rings. The van der Waals surface area contributed by atoms with Crippen molar-refractivity contribution in [1.82, 2.24) is 0 Å². The highest BCUT2D eigenvalue weighted by atomic mass is 16.8. The van der Waals surface area contributed by atoms with Crippen LogP contribution < -0.4 is 0 Å². The molecule has 0 amide bonds. The molecule has 0 aromatic rings. The van der Waals surface area contributed by atoms with Gasteiger partial charge in [-0.15, -0.1) is 0 Å². The SMILES string of the molecule is C/C=C(\C)C(=O)O[C@H]1[C@H]2[C@@H](CC=C3C[C@@H](O[C@H]4C[C@@H](O)[C@H](O[C@@H]5O[C@H](C)[C@@H](O[C@@H]6O[C@H](OC)[C@@H](O)[C@H](O)[C@H]6O)[C@@H](OC)[C@H]5O)[C@@H](C)O4)CC[C@@]32C)[C@@]2(O)CC[C@H](C(C)=O)[C@@]2(C)[C@@H]1OC(=O)/C(C)=C/C. The van der Waals surface area contributed by atoms with E-state index in [1.165, 1.54) is 21.1 Å². The van der Waals surface area contributed by atoms with Gasteiger partial charge in [0.05, 0.1) is 30.0 Å². The first-order valence-electron chi connectivity index (χ1n) is 24.5. The van der Waals surface area contributed by atoms with Gasteiger partial charge in [0.1, 0.15) is 60.7 Å². The Morgan fingerprint density at radius 2 is 1.32 bits per heavy atom. The summed E-state index contributed by atoms with van der Waals surface area (Å²) in [6, 6.07) is 0. The maximum Gasteiger partial charge on any atom is 0.333 e. The van der Waals surface area contributed by atoms with Gasteiger partial charge in [-0.1, -0.05) is 37.6 Å². The fraction of sp³-hybridized carbons (Fsp3) is 0.820. The number of carbonyl (C=O) groups excluding carboxylic acids is 3. The molecule has 6 N–H and O–H groups in total. The number of Topliss-reactive ketones (excluding diaryl/α,β-unsaturated/α-hetero) is 1. The lowest BCUT2D eigenvalue weighted by molar-refractivity contribution is -0.386. The van der Waals surface area contributed by atoms with Crippen molar-refractivity contribution in [3.8, 4) is 0 Å². The maximum absolute atomic E-state index is 13.8. The van der Waals surface area contributed by atoms with Gasteiger partial charge < -0.3 is 78.0 Å². The summed E-state index contributed by atoms with van der Waals surface area (Å²) >= 11 is 0. The van der Waals surface area contributed by atoms with Crippen molar-refractivity contribution >= 4 is 17.7 Å². The molecule has 3 heterocycles. The summed E-state index contributed by atoms with van der Waals surface area (Å²) in [7, 11) is 2.61. The molecule has 3 saturated heterocycles. The number of ketones is 1. The van der Waals surface area contributed by atoms with Gasteiger partial charge in [-0.05, 0) is 98.3 Å². The Balaban J connectivity index is 1.05. The van der Waals surface area contributed by atoms with Crippen LogP contribution in [-0.2, 0) is 61.8 Å². The molecule has 3 saturated carbocycles. The van der Waals surface area contributed by atoms with E-state index in [1.807, 2.05) is 6.92 Å². The number of aliphatic hydroxyl groups is 6. The lowest BCUT2D eigenvalue weighted by atomic mass is 9.44. The number of aliphatic hydroxyl groups excluding tert-OH is 5. The van der Waals surface area contributed by atoms with Gasteiger partial charge in [0.2, 0.25) is 0 Å². The average molecular weight is 981 g/mol. The van der Waals surface area contributed by atoms with Crippen molar-refractivity contribution in [2.75, 3.05) is 14.2 Å². The molecule has 0 spiro atoms. The van der Waals surface area contributed by atoms with Gasteiger partial charge in [0, 0.05) is 49.0 Å². The third-order valence-corrected chi connectivity index (χ3v) is 17.1. The first-order valence-corrected chi connectivity index (χ1v) is 24.5. The van der Waals surface area contributed by atoms with Gasteiger partial charge in [-0.3, -0.25) is 4.79 Å². The van der Waals surface area contributed by atoms with Crippen LogP contribution in [0.1, 0.15) is 107 Å². The molecule has 19 nitrogen and oxygen atoms in total. The zero-order valence-corrected chi connectivity index (χ0v) is 41.7. The molecule has 7 rings (SSSR count). The number of carbonyl (C=O) groups is 3. The summed E-state index contributed by atoms with van der Waals surface area (Å²) in [5.41, 5.74) is -1.58. The van der Waals surface area contributed by atoms with E-state index in [9.17, 15) is 45.0 Å². The third-order valence-electron chi connectivity index (χ3n) is 17.1. The lowest BCUT2D eigenvalue weighted by Crippen LogP contribution is -2.72. The Bertz CT molecular complexity index is 1960. The second-order valence-corrected chi connectivity index (χ2v) is 20.8. The number of hydrogen-bond acceptors (Lipinski definition) is 19. The molecule has 0 bridgehead atoms. The van der Waals surface area contributed by atoms with E-state index in [-0.39, 0.29) is 18.3 Å². The van der Waals surface area contributed by atoms with Crippen LogP contribution in [0.4, 0.5) is 0 Å². The summed E-state index contributed by atoms with van der Waals surface area (Å²) in [5.74, 6) is -2.89. The van der Waals surface area contributed by atoms with Crippen LogP contribution in [0, 0.1) is 28.6 Å². The highest BCUT2D eigenvalue weighted by Crippen LogP contribution is 2.69. The average Bonchev–Trinajstić information content (AvgIpc) is 3.60. The van der Waals surface area contributed by atoms with Crippen molar-refractivity contribution in [1.29, 1.82) is 0 Å². The highest BCUT2D eigenvalue weighted by Gasteiger charge is 2.75. The molecular formula is C50H76O19. The number of allylic oxidation sites excluding steroid dienone is 3. The number of fused-ring (bicyclic) bond motifs is 5. The second kappa shape index (κ2) is 21.0. The van der Waals surface area contributed by atoms with Crippen LogP contribution in [0.15, 0.2) is 34.9 Å². The zero-order chi connectivity index (χ0) is 50.7. The maximum atomic E-state index is 13.8. The summed E-state index contributed by atoms with van der Waals surface area (Å²) < 4.78 is 60.3. The summed E-state index contributed by atoms with van der Waals surface area (Å²) in [6.07, 6.45) is -11.3. The molecule has 390 valence electrons. The molecular weight excluding hydrogens is 905 g/mol. The quantitative estimate of drug-likeness (QED) is 0.0879. The molecule has 0 unspecified atom stereocenters. The predicted molar refractivity (Wildman–Crippen MR) is 241 cm³/mol. The fourth-order valence-electron chi connectivity index (χ4n) is 12.9. The molecule has 3 aliphatic heterocycles. The van der Waals surface area contributed by atoms with Crippen molar-refractivity contribution in [2.24, 2.45) is 28.6 Å². The molecule has 0 aromatic carbocycles. The zero-order valence-electron chi connectivity index (χ0n) is 41.7. The largest absolute Gasteiger partial charge is 0.455 e. The van der Waals surface area contributed by atoms with Crippen molar-refractivity contribution in [3.63, 3.8) is 0 Å². The van der Waals surface area contributed by atoms with E-state index in [4.69, 9.17) is 47.4 Å². The molecule has 6 fully saturated rings. The normalized spacial score (nSPS) is 48.1. The number of esters is 2. The van der Waals surface area contributed by atoms with Crippen molar-refractivity contribution in [3.05, 3.63) is 34.9 Å². The summed E-state index contributed by atoms with van der Waals surface area (Å²) in [6.45, 7) is 15.5. The smallest absolute Gasteiger partial charge is 0.333 e. The Labute approximate surface area is 404 Å². The van der Waals surface area contributed by atoms with Crippen LogP contribution in [0.2, 0.25) is 0 Å². The van der Waals surface area contributed by atoms with Crippen LogP contribution >= 0.6 is 0 Å². The van der Waals surface area contributed by atoms with Gasteiger partial charge >= 0.3 is 11.9 Å². The van der Waals surface area contributed by atoms with Gasteiger partial charge in [0.15, 0.2) is 25.2 Å². The van der Waals surface area contributed by atoms with Gasteiger partial charge in [-0.2, -0.15) is 0 Å². The Hall–Kier alpha value is -2.73. The van der Waals surface area contributed by atoms with E-state index in [0.717, 1.165) is 5.57 Å². The van der Waals surface area contributed by atoms with Gasteiger partial charge in [0.25, 0.3) is 0 Å². The molecule has 0 aromatic heterocycles. The first-order chi connectivity index (χ1) is 32.5. The fourth-order valence-corrected chi connectivity index (χ4v) is 12.9. The number of ether oxygens (including phenoxy) is 10. The molecule has 0 radical (unpaired) electrons. The monoisotopic (exact) mass is 980 g/mol. The predicted octanol–water partition coefficient (Wildman–Crippen LogP) is 2.43. The lowest BCUT2D eigenvalue weighted by Gasteiger charge is -2.64. The first kappa shape index (κ1) is 54.1. The Morgan fingerprint density at radius 3 is 1.93 bits per heavy atom.